The molecule has 5 heteroatoms. The van der Waals surface area contributed by atoms with E-state index in [0.717, 1.165) is 6.07 Å². The Balaban J connectivity index is 2.50. The summed E-state index contributed by atoms with van der Waals surface area (Å²) < 4.78 is 18.2. The molecule has 1 unspecified atom stereocenters. The molecule has 0 heterocycles. The molecule has 0 fully saturated rings. The molecule has 0 saturated carbocycles. The topological polar surface area (TPSA) is 64.3 Å². The lowest BCUT2D eigenvalue weighted by atomic mass is 10.1. The molecule has 1 rings (SSSR count). The van der Waals surface area contributed by atoms with Gasteiger partial charge < -0.3 is 15.8 Å². The quantitative estimate of drug-likeness (QED) is 0.793. The summed E-state index contributed by atoms with van der Waals surface area (Å²) in [4.78, 5) is 11.6. The first-order chi connectivity index (χ1) is 8.40. The number of carbonyl (C=O) groups excluding carboxylic acids is 1. The lowest BCUT2D eigenvalue weighted by Gasteiger charge is -2.16. The zero-order valence-electron chi connectivity index (χ0n) is 10.9. The van der Waals surface area contributed by atoms with Crippen LogP contribution in [-0.4, -0.2) is 18.6 Å². The Hall–Kier alpha value is -1.62. The highest BCUT2D eigenvalue weighted by atomic mass is 19.1. The highest BCUT2D eigenvalue weighted by Gasteiger charge is 2.11. The molecular formula is C13H19FN2O2. The maximum atomic E-state index is 12.8. The molecule has 18 heavy (non-hydrogen) atoms. The number of nitrogens with two attached hydrogens (primary N) is 1. The van der Waals surface area contributed by atoms with Crippen LogP contribution in [0.1, 0.15) is 20.8 Å². The first kappa shape index (κ1) is 14.4. The Kier molecular flexibility index (Phi) is 5.09. The van der Waals surface area contributed by atoms with Gasteiger partial charge in [0.25, 0.3) is 0 Å². The molecule has 4 nitrogen and oxygen atoms in total. The van der Waals surface area contributed by atoms with Gasteiger partial charge in [-0.2, -0.15) is 0 Å². The molecule has 1 amide bonds. The van der Waals surface area contributed by atoms with Crippen molar-refractivity contribution >= 4 is 17.3 Å². The smallest absolute Gasteiger partial charge is 0.250 e. The molecule has 0 radical (unpaired) electrons. The van der Waals surface area contributed by atoms with Gasteiger partial charge in [0, 0.05) is 0 Å². The molecule has 0 saturated heterocycles. The Labute approximate surface area is 106 Å². The molecule has 100 valence electrons. The predicted octanol–water partition coefficient (Wildman–Crippen LogP) is 2.41. The average molecular weight is 254 g/mol. The minimum Gasteiger partial charge on any atom is -0.397 e. The number of rotatable bonds is 5. The van der Waals surface area contributed by atoms with Crippen LogP contribution in [0.2, 0.25) is 0 Å². The molecule has 1 aromatic rings. The van der Waals surface area contributed by atoms with Gasteiger partial charge in [-0.3, -0.25) is 4.79 Å². The summed E-state index contributed by atoms with van der Waals surface area (Å²) >= 11 is 0. The third kappa shape index (κ3) is 4.33. The fraction of sp³-hybridized carbons (Fsp3) is 0.462. The van der Waals surface area contributed by atoms with E-state index in [4.69, 9.17) is 10.5 Å². The van der Waals surface area contributed by atoms with Crippen LogP contribution in [0.3, 0.4) is 0 Å². The molecule has 0 aliphatic heterocycles. The number of hydrogen-bond donors (Lipinski definition) is 2. The minimum absolute atomic E-state index is 0.00122. The third-order valence-electron chi connectivity index (χ3n) is 2.70. The molecule has 3 N–H and O–H groups in total. The molecule has 0 aliphatic carbocycles. The molecular weight excluding hydrogens is 235 g/mol. The summed E-state index contributed by atoms with van der Waals surface area (Å²) in [6, 6.07) is 3.82. The van der Waals surface area contributed by atoms with Gasteiger partial charge in [-0.15, -0.1) is 0 Å². The van der Waals surface area contributed by atoms with Crippen molar-refractivity contribution in [1.82, 2.24) is 0 Å². The van der Waals surface area contributed by atoms with Gasteiger partial charge >= 0.3 is 0 Å². The van der Waals surface area contributed by atoms with Crippen molar-refractivity contribution < 1.29 is 13.9 Å². The number of nitrogen functional groups attached to an aromatic ring is 1. The van der Waals surface area contributed by atoms with Gasteiger partial charge in [-0.05, 0) is 31.0 Å². The summed E-state index contributed by atoms with van der Waals surface area (Å²) in [5, 5.41) is 2.58. The Bertz CT molecular complexity index is 421. The summed E-state index contributed by atoms with van der Waals surface area (Å²) in [5.41, 5.74) is 6.16. The lowest BCUT2D eigenvalue weighted by molar-refractivity contribution is -0.123. The zero-order valence-corrected chi connectivity index (χ0v) is 10.9. The van der Waals surface area contributed by atoms with E-state index < -0.39 is 5.82 Å². The normalized spacial score (nSPS) is 12.5. The van der Waals surface area contributed by atoms with E-state index in [2.05, 4.69) is 5.32 Å². The van der Waals surface area contributed by atoms with Crippen LogP contribution in [0.5, 0.6) is 0 Å². The summed E-state index contributed by atoms with van der Waals surface area (Å²) in [7, 11) is 0. The van der Waals surface area contributed by atoms with Crippen molar-refractivity contribution in [3.8, 4) is 0 Å². The van der Waals surface area contributed by atoms with Crippen LogP contribution in [0.15, 0.2) is 18.2 Å². The average Bonchev–Trinajstić information content (AvgIpc) is 2.29. The van der Waals surface area contributed by atoms with Gasteiger partial charge in [0.15, 0.2) is 0 Å². The molecule has 1 atom stereocenters. The van der Waals surface area contributed by atoms with Crippen molar-refractivity contribution in [3.63, 3.8) is 0 Å². The van der Waals surface area contributed by atoms with Gasteiger partial charge in [0.05, 0.1) is 17.5 Å². The molecule has 0 aliphatic rings. The van der Waals surface area contributed by atoms with Crippen molar-refractivity contribution in [2.45, 2.75) is 26.9 Å². The SMILES string of the molecule is CC(C)C(C)OCC(=O)Nc1ccc(F)cc1N. The van der Waals surface area contributed by atoms with E-state index in [9.17, 15) is 9.18 Å². The molecule has 0 bridgehead atoms. The Morgan fingerprint density at radius 2 is 2.11 bits per heavy atom. The molecule has 0 aromatic heterocycles. The van der Waals surface area contributed by atoms with Gasteiger partial charge in [-0.1, -0.05) is 13.8 Å². The van der Waals surface area contributed by atoms with E-state index >= 15 is 0 Å². The summed E-state index contributed by atoms with van der Waals surface area (Å²) in [5.74, 6) is -0.398. The number of ether oxygens (including phenoxy) is 1. The zero-order chi connectivity index (χ0) is 13.7. The van der Waals surface area contributed by atoms with Crippen LogP contribution in [0, 0.1) is 11.7 Å². The van der Waals surface area contributed by atoms with E-state index in [1.165, 1.54) is 12.1 Å². The highest BCUT2D eigenvalue weighted by molar-refractivity contribution is 5.94. The van der Waals surface area contributed by atoms with E-state index in [-0.39, 0.29) is 24.3 Å². The van der Waals surface area contributed by atoms with Crippen LogP contribution in [-0.2, 0) is 9.53 Å². The molecule has 1 aromatic carbocycles. The number of nitrogens with one attached hydrogen (secondary N) is 1. The largest absolute Gasteiger partial charge is 0.397 e. The maximum Gasteiger partial charge on any atom is 0.250 e. The monoisotopic (exact) mass is 254 g/mol. The molecule has 0 spiro atoms. The van der Waals surface area contributed by atoms with Crippen LogP contribution in [0.4, 0.5) is 15.8 Å². The van der Waals surface area contributed by atoms with E-state index in [0.29, 0.717) is 11.6 Å². The predicted molar refractivity (Wildman–Crippen MR) is 69.7 cm³/mol. The number of carbonyl (C=O) groups is 1. The number of anilines is 2. The maximum absolute atomic E-state index is 12.8. The standard InChI is InChI=1S/C13H19FN2O2/c1-8(2)9(3)18-7-13(17)16-12-5-4-10(14)6-11(12)15/h4-6,8-9H,7,15H2,1-3H3,(H,16,17). The summed E-state index contributed by atoms with van der Waals surface area (Å²) in [6.45, 7) is 5.89. The second kappa shape index (κ2) is 6.35. The van der Waals surface area contributed by atoms with Crippen LogP contribution in [0.25, 0.3) is 0 Å². The fourth-order valence-corrected chi connectivity index (χ4v) is 1.23. The van der Waals surface area contributed by atoms with Gasteiger partial charge in [0.2, 0.25) is 5.91 Å². The van der Waals surface area contributed by atoms with Crippen molar-refractivity contribution in [2.24, 2.45) is 5.92 Å². The fourth-order valence-electron chi connectivity index (χ4n) is 1.23. The van der Waals surface area contributed by atoms with E-state index in [1.54, 1.807) is 0 Å². The number of hydrogen-bond acceptors (Lipinski definition) is 3. The first-order valence-corrected chi connectivity index (χ1v) is 5.86. The summed E-state index contributed by atoms with van der Waals surface area (Å²) in [6.07, 6.45) is 0.00122. The number of benzene rings is 1. The van der Waals surface area contributed by atoms with Crippen LogP contribution < -0.4 is 11.1 Å². The van der Waals surface area contributed by atoms with Crippen molar-refractivity contribution in [1.29, 1.82) is 0 Å². The van der Waals surface area contributed by atoms with Gasteiger partial charge in [-0.25, -0.2) is 4.39 Å². The Morgan fingerprint density at radius 3 is 2.67 bits per heavy atom. The number of halogens is 1. The van der Waals surface area contributed by atoms with E-state index in [1.807, 2.05) is 20.8 Å². The first-order valence-electron chi connectivity index (χ1n) is 5.86. The lowest BCUT2D eigenvalue weighted by Crippen LogP contribution is -2.24. The second-order valence-corrected chi connectivity index (χ2v) is 4.54. The number of amides is 1. The van der Waals surface area contributed by atoms with Crippen LogP contribution >= 0.6 is 0 Å². The van der Waals surface area contributed by atoms with Crippen molar-refractivity contribution in [3.05, 3.63) is 24.0 Å². The highest BCUT2D eigenvalue weighted by Crippen LogP contribution is 2.18. The van der Waals surface area contributed by atoms with Gasteiger partial charge in [0.1, 0.15) is 12.4 Å². The third-order valence-corrected chi connectivity index (χ3v) is 2.70. The second-order valence-electron chi connectivity index (χ2n) is 4.54. The Morgan fingerprint density at radius 1 is 1.44 bits per heavy atom. The van der Waals surface area contributed by atoms with Crippen molar-refractivity contribution in [2.75, 3.05) is 17.7 Å². The minimum atomic E-state index is -0.435.